The first kappa shape index (κ1) is 21.4. The van der Waals surface area contributed by atoms with Crippen molar-refractivity contribution in [3.8, 4) is 0 Å². The van der Waals surface area contributed by atoms with Crippen molar-refractivity contribution in [1.29, 1.82) is 0 Å². The lowest BCUT2D eigenvalue weighted by molar-refractivity contribution is -0.126. The van der Waals surface area contributed by atoms with Crippen LogP contribution in [0.25, 0.3) is 10.2 Å². The van der Waals surface area contributed by atoms with Crippen LogP contribution in [0.5, 0.6) is 0 Å². The number of halogens is 3. The Kier molecular flexibility index (Phi) is 5.21. The van der Waals surface area contributed by atoms with Crippen molar-refractivity contribution < 1.29 is 21.6 Å². The molecule has 2 aromatic rings. The van der Waals surface area contributed by atoms with Crippen molar-refractivity contribution in [2.75, 3.05) is 42.6 Å². The molecule has 170 valence electrons. The van der Waals surface area contributed by atoms with Gasteiger partial charge < -0.3 is 9.80 Å². The van der Waals surface area contributed by atoms with Gasteiger partial charge in [0.15, 0.2) is 0 Å². The maximum Gasteiger partial charge on any atom is 0.393 e. The van der Waals surface area contributed by atoms with E-state index < -0.39 is 22.4 Å². The summed E-state index contributed by atoms with van der Waals surface area (Å²) in [6.45, 7) is 3.67. The van der Waals surface area contributed by atoms with Crippen LogP contribution >= 0.6 is 11.3 Å². The summed E-state index contributed by atoms with van der Waals surface area (Å²) in [5, 5.41) is 0.711. The summed E-state index contributed by atoms with van der Waals surface area (Å²) >= 11 is 1.09. The number of rotatable bonds is 3. The maximum atomic E-state index is 12.8. The molecule has 0 amide bonds. The minimum Gasteiger partial charge on any atom is -0.355 e. The van der Waals surface area contributed by atoms with Gasteiger partial charge in [-0.25, -0.2) is 18.4 Å². The number of alkyl halides is 3. The summed E-state index contributed by atoms with van der Waals surface area (Å²) in [6.07, 6.45) is -0.136. The van der Waals surface area contributed by atoms with Crippen molar-refractivity contribution >= 4 is 37.2 Å². The minimum absolute atomic E-state index is 0.222. The summed E-state index contributed by atoms with van der Waals surface area (Å²) in [7, 11) is -2.84. The molecular formula is C20H25F3N4O2S2. The van der Waals surface area contributed by atoms with Gasteiger partial charge in [0, 0.05) is 29.4 Å². The van der Waals surface area contributed by atoms with E-state index in [-0.39, 0.29) is 10.3 Å². The SMILES string of the molecule is O=S1(=O)CCC(N2CCC3(CC2)CN(c2ncnc4sc(CC(F)(F)F)cc24)C3)CC1. The Labute approximate surface area is 183 Å². The summed E-state index contributed by atoms with van der Waals surface area (Å²) in [6, 6.07) is 1.96. The van der Waals surface area contributed by atoms with Crippen LogP contribution in [0.2, 0.25) is 0 Å². The third-order valence-electron chi connectivity index (χ3n) is 6.99. The summed E-state index contributed by atoms with van der Waals surface area (Å²) < 4.78 is 61.7. The summed E-state index contributed by atoms with van der Waals surface area (Å²) in [4.78, 5) is 14.1. The second-order valence-electron chi connectivity index (χ2n) is 9.20. The molecular weight excluding hydrogens is 449 g/mol. The summed E-state index contributed by atoms with van der Waals surface area (Å²) in [5.74, 6) is 1.34. The molecule has 1 spiro atoms. The topological polar surface area (TPSA) is 66.4 Å². The van der Waals surface area contributed by atoms with E-state index in [4.69, 9.17) is 0 Å². The molecule has 3 aliphatic heterocycles. The molecule has 2 aromatic heterocycles. The average molecular weight is 475 g/mol. The highest BCUT2D eigenvalue weighted by atomic mass is 32.2. The first-order valence-corrected chi connectivity index (χ1v) is 13.2. The van der Waals surface area contributed by atoms with E-state index in [0.29, 0.717) is 27.8 Å². The van der Waals surface area contributed by atoms with Crippen LogP contribution in [0.4, 0.5) is 19.0 Å². The molecule has 31 heavy (non-hydrogen) atoms. The van der Waals surface area contributed by atoms with Gasteiger partial charge in [-0.3, -0.25) is 0 Å². The number of likely N-dealkylation sites (tertiary alicyclic amines) is 1. The number of sulfone groups is 1. The molecule has 3 aliphatic rings. The van der Waals surface area contributed by atoms with Crippen LogP contribution in [0, 0.1) is 5.41 Å². The predicted octanol–water partition coefficient (Wildman–Crippen LogP) is 3.28. The number of aromatic nitrogens is 2. The number of nitrogens with zero attached hydrogens (tertiary/aromatic N) is 4. The van der Waals surface area contributed by atoms with Gasteiger partial charge in [0.25, 0.3) is 0 Å². The fourth-order valence-electron chi connectivity index (χ4n) is 5.27. The fourth-order valence-corrected chi connectivity index (χ4v) is 7.75. The van der Waals surface area contributed by atoms with Crippen LogP contribution in [-0.2, 0) is 16.3 Å². The lowest BCUT2D eigenvalue weighted by Gasteiger charge is -2.55. The zero-order valence-electron chi connectivity index (χ0n) is 17.1. The Morgan fingerprint density at radius 2 is 1.81 bits per heavy atom. The van der Waals surface area contributed by atoms with E-state index in [9.17, 15) is 21.6 Å². The highest BCUT2D eigenvalue weighted by Gasteiger charge is 2.46. The maximum absolute atomic E-state index is 12.8. The molecule has 0 unspecified atom stereocenters. The Morgan fingerprint density at radius 1 is 1.13 bits per heavy atom. The Bertz CT molecular complexity index is 1060. The first-order valence-electron chi connectivity index (χ1n) is 10.6. The van der Waals surface area contributed by atoms with Crippen molar-refractivity contribution in [3.05, 3.63) is 17.3 Å². The van der Waals surface area contributed by atoms with Crippen molar-refractivity contribution in [2.45, 2.75) is 44.3 Å². The lowest BCUT2D eigenvalue weighted by Crippen LogP contribution is -2.61. The normalized spacial score (nSPS) is 24.5. The third kappa shape index (κ3) is 4.41. The Morgan fingerprint density at radius 3 is 2.45 bits per heavy atom. The van der Waals surface area contributed by atoms with E-state index in [1.165, 1.54) is 6.33 Å². The van der Waals surface area contributed by atoms with Crippen molar-refractivity contribution in [2.24, 2.45) is 5.41 Å². The molecule has 0 saturated carbocycles. The molecule has 5 rings (SSSR count). The second-order valence-corrected chi connectivity index (χ2v) is 12.6. The minimum atomic E-state index is -4.23. The molecule has 11 heteroatoms. The van der Waals surface area contributed by atoms with Crippen LogP contribution < -0.4 is 4.90 Å². The van der Waals surface area contributed by atoms with E-state index in [1.54, 1.807) is 6.07 Å². The highest BCUT2D eigenvalue weighted by molar-refractivity contribution is 7.91. The van der Waals surface area contributed by atoms with Gasteiger partial charge in [0.1, 0.15) is 26.8 Å². The molecule has 0 N–H and O–H groups in total. The smallest absolute Gasteiger partial charge is 0.355 e. The van der Waals surface area contributed by atoms with Gasteiger partial charge in [-0.1, -0.05) is 0 Å². The number of piperidine rings is 1. The molecule has 0 aromatic carbocycles. The molecule has 0 atom stereocenters. The number of hydrogen-bond donors (Lipinski definition) is 0. The Balaban J connectivity index is 1.22. The molecule has 0 aliphatic carbocycles. The quantitative estimate of drug-likeness (QED) is 0.680. The summed E-state index contributed by atoms with van der Waals surface area (Å²) in [5.41, 5.74) is 0.222. The van der Waals surface area contributed by atoms with Crippen molar-refractivity contribution in [1.82, 2.24) is 14.9 Å². The predicted molar refractivity (Wildman–Crippen MR) is 114 cm³/mol. The lowest BCUT2D eigenvalue weighted by atomic mass is 9.71. The fraction of sp³-hybridized carbons (Fsp3) is 0.700. The number of thiophene rings is 1. The average Bonchev–Trinajstić information content (AvgIpc) is 3.07. The molecule has 3 saturated heterocycles. The van der Waals surface area contributed by atoms with E-state index in [1.807, 2.05) is 0 Å². The van der Waals surface area contributed by atoms with E-state index >= 15 is 0 Å². The zero-order chi connectivity index (χ0) is 21.9. The van der Waals surface area contributed by atoms with Gasteiger partial charge >= 0.3 is 6.18 Å². The standard InChI is InChI=1S/C20H25F3N4O2S2/c21-20(22,23)10-15-9-16-17(24-13-25-18(16)30-15)27-11-19(12-27)3-5-26(6-4-19)14-1-7-31(28,29)8-2-14/h9,13-14H,1-8,10-12H2. The molecule has 0 radical (unpaired) electrons. The van der Waals surface area contributed by atoms with Gasteiger partial charge in [-0.15, -0.1) is 11.3 Å². The number of hydrogen-bond acceptors (Lipinski definition) is 7. The van der Waals surface area contributed by atoms with Gasteiger partial charge in [-0.2, -0.15) is 13.2 Å². The molecule has 5 heterocycles. The zero-order valence-corrected chi connectivity index (χ0v) is 18.7. The molecule has 3 fully saturated rings. The second kappa shape index (κ2) is 7.55. The van der Waals surface area contributed by atoms with E-state index in [0.717, 1.165) is 69.0 Å². The van der Waals surface area contributed by atoms with Gasteiger partial charge in [0.05, 0.1) is 23.3 Å². The third-order valence-corrected chi connectivity index (χ3v) is 9.74. The monoisotopic (exact) mass is 474 g/mol. The van der Waals surface area contributed by atoms with E-state index in [2.05, 4.69) is 19.8 Å². The van der Waals surface area contributed by atoms with Crippen LogP contribution in [0.3, 0.4) is 0 Å². The van der Waals surface area contributed by atoms with Crippen LogP contribution in [0.1, 0.15) is 30.6 Å². The first-order chi connectivity index (χ1) is 14.6. The Hall–Kier alpha value is -1.46. The van der Waals surface area contributed by atoms with Crippen LogP contribution in [0.15, 0.2) is 12.4 Å². The number of anilines is 1. The number of fused-ring (bicyclic) bond motifs is 1. The molecule has 0 bridgehead atoms. The molecule has 6 nitrogen and oxygen atoms in total. The van der Waals surface area contributed by atoms with Gasteiger partial charge in [-0.05, 0) is 44.8 Å². The highest BCUT2D eigenvalue weighted by Crippen LogP contribution is 2.45. The largest absolute Gasteiger partial charge is 0.393 e. The van der Waals surface area contributed by atoms with Crippen LogP contribution in [-0.4, -0.2) is 73.2 Å². The van der Waals surface area contributed by atoms with Crippen molar-refractivity contribution in [3.63, 3.8) is 0 Å². The van der Waals surface area contributed by atoms with Gasteiger partial charge in [0.2, 0.25) is 0 Å².